The summed E-state index contributed by atoms with van der Waals surface area (Å²) in [6.45, 7) is 8.79. The minimum atomic E-state index is 0.164. The van der Waals surface area contributed by atoms with Crippen LogP contribution in [-0.2, 0) is 9.53 Å². The molecule has 1 atom stereocenters. The number of nitrogens with zero attached hydrogens (tertiary/aromatic N) is 4. The lowest BCUT2D eigenvalue weighted by molar-refractivity contribution is -0.123. The number of hydrogen-bond donors (Lipinski definition) is 1. The van der Waals surface area contributed by atoms with E-state index in [0.29, 0.717) is 18.4 Å². The molecule has 0 aromatic carbocycles. The van der Waals surface area contributed by atoms with Crippen LogP contribution in [0.1, 0.15) is 56.9 Å². The minimum absolute atomic E-state index is 0.164. The van der Waals surface area contributed by atoms with Crippen molar-refractivity contribution in [2.24, 2.45) is 5.41 Å². The second-order valence-corrected chi connectivity index (χ2v) is 9.44. The average Bonchev–Trinajstić information content (AvgIpc) is 2.79. The Hall–Kier alpha value is -1.73. The molecule has 0 radical (unpaired) electrons. The first-order valence-corrected chi connectivity index (χ1v) is 11.8. The van der Waals surface area contributed by atoms with Gasteiger partial charge in [0.15, 0.2) is 0 Å². The molecule has 3 fully saturated rings. The smallest absolute Gasteiger partial charge is 0.221 e. The van der Waals surface area contributed by atoms with E-state index in [1.54, 1.807) is 6.33 Å². The predicted octanol–water partition coefficient (Wildman–Crippen LogP) is 2.54. The zero-order valence-corrected chi connectivity index (χ0v) is 18.4. The highest BCUT2D eigenvalue weighted by atomic mass is 16.5. The molecule has 30 heavy (non-hydrogen) atoms. The molecule has 4 heterocycles. The Balaban J connectivity index is 1.15. The van der Waals surface area contributed by atoms with Gasteiger partial charge in [-0.3, -0.25) is 4.79 Å². The van der Waals surface area contributed by atoms with Crippen molar-refractivity contribution in [3.8, 4) is 0 Å². The first-order chi connectivity index (χ1) is 14.6. The SMILES string of the molecule is Cc1cncnc1N1CCC2(CC[C@H](CNC(=O)CCN3CCCCC3)OC2)CC1. The minimum Gasteiger partial charge on any atom is -0.376 e. The summed E-state index contributed by atoms with van der Waals surface area (Å²) in [6.07, 6.45) is 12.7. The van der Waals surface area contributed by atoms with E-state index in [9.17, 15) is 4.79 Å². The fraction of sp³-hybridized carbons (Fsp3) is 0.783. The summed E-state index contributed by atoms with van der Waals surface area (Å²) in [7, 11) is 0. The summed E-state index contributed by atoms with van der Waals surface area (Å²) >= 11 is 0. The summed E-state index contributed by atoms with van der Waals surface area (Å²) in [6, 6.07) is 0. The van der Waals surface area contributed by atoms with Crippen molar-refractivity contribution in [1.82, 2.24) is 20.2 Å². The number of anilines is 1. The maximum atomic E-state index is 12.2. The number of piperidine rings is 2. The van der Waals surface area contributed by atoms with Gasteiger partial charge in [0.1, 0.15) is 12.1 Å². The second-order valence-electron chi connectivity index (χ2n) is 9.44. The van der Waals surface area contributed by atoms with Gasteiger partial charge in [-0.1, -0.05) is 6.42 Å². The number of aryl methyl sites for hydroxylation is 1. The van der Waals surface area contributed by atoms with E-state index < -0.39 is 0 Å². The molecule has 3 aliphatic heterocycles. The van der Waals surface area contributed by atoms with Crippen LogP contribution < -0.4 is 10.2 Å². The van der Waals surface area contributed by atoms with Gasteiger partial charge in [0.25, 0.3) is 0 Å². The molecule has 0 saturated carbocycles. The lowest BCUT2D eigenvalue weighted by atomic mass is 9.73. The Kier molecular flexibility index (Phi) is 7.20. The van der Waals surface area contributed by atoms with Crippen LogP contribution in [0.25, 0.3) is 0 Å². The van der Waals surface area contributed by atoms with Crippen LogP contribution >= 0.6 is 0 Å². The molecular formula is C23H37N5O2. The Morgan fingerprint density at radius 3 is 2.70 bits per heavy atom. The number of nitrogens with one attached hydrogen (secondary N) is 1. The molecule has 1 amide bonds. The van der Waals surface area contributed by atoms with E-state index in [-0.39, 0.29) is 12.0 Å². The number of rotatable bonds is 6. The van der Waals surface area contributed by atoms with Gasteiger partial charge in [-0.2, -0.15) is 0 Å². The third-order valence-electron chi connectivity index (χ3n) is 7.24. The number of amides is 1. The van der Waals surface area contributed by atoms with Crippen LogP contribution in [0.2, 0.25) is 0 Å². The quantitative estimate of drug-likeness (QED) is 0.770. The standard InChI is InChI=1S/C23H37N5O2/c1-19-15-24-18-26-22(19)28-13-8-23(9-14-28)7-5-20(30-17-23)16-25-21(29)6-12-27-10-3-2-4-11-27/h15,18,20H,2-14,16-17H2,1H3,(H,25,29)/t20-/m1/s1. The van der Waals surface area contributed by atoms with Gasteiger partial charge in [0.2, 0.25) is 5.91 Å². The molecule has 4 rings (SSSR count). The topological polar surface area (TPSA) is 70.6 Å². The highest BCUT2D eigenvalue weighted by molar-refractivity contribution is 5.76. The lowest BCUT2D eigenvalue weighted by Gasteiger charge is -2.46. The third kappa shape index (κ3) is 5.49. The maximum absolute atomic E-state index is 12.2. The van der Waals surface area contributed by atoms with Crippen molar-refractivity contribution < 1.29 is 9.53 Å². The number of hydrogen-bond acceptors (Lipinski definition) is 6. The van der Waals surface area contributed by atoms with Gasteiger partial charge in [-0.25, -0.2) is 9.97 Å². The van der Waals surface area contributed by atoms with Gasteiger partial charge in [-0.15, -0.1) is 0 Å². The van der Waals surface area contributed by atoms with Crippen LogP contribution in [-0.4, -0.2) is 72.8 Å². The number of ether oxygens (including phenoxy) is 1. The van der Waals surface area contributed by atoms with E-state index in [0.717, 1.165) is 70.0 Å². The molecule has 0 unspecified atom stereocenters. The Labute approximate surface area is 180 Å². The number of likely N-dealkylation sites (tertiary alicyclic amines) is 1. The third-order valence-corrected chi connectivity index (χ3v) is 7.24. The molecule has 1 aromatic rings. The van der Waals surface area contributed by atoms with Gasteiger partial charge in [0.05, 0.1) is 12.7 Å². The van der Waals surface area contributed by atoms with Gasteiger partial charge in [-0.05, 0) is 64.0 Å². The zero-order chi connectivity index (χ0) is 20.8. The summed E-state index contributed by atoms with van der Waals surface area (Å²) in [4.78, 5) is 25.6. The summed E-state index contributed by atoms with van der Waals surface area (Å²) in [5, 5.41) is 3.11. The molecule has 3 saturated heterocycles. The van der Waals surface area contributed by atoms with E-state index in [1.807, 2.05) is 6.20 Å². The molecule has 1 spiro atoms. The Morgan fingerprint density at radius 2 is 2.00 bits per heavy atom. The van der Waals surface area contributed by atoms with E-state index in [1.165, 1.54) is 25.7 Å². The Morgan fingerprint density at radius 1 is 1.20 bits per heavy atom. The normalized spacial score (nSPS) is 24.7. The molecule has 166 valence electrons. The number of carbonyl (C=O) groups excluding carboxylic acids is 1. The van der Waals surface area contributed by atoms with Crippen LogP contribution in [0.4, 0.5) is 5.82 Å². The summed E-state index contributed by atoms with van der Waals surface area (Å²) in [5.74, 6) is 1.24. The second kappa shape index (κ2) is 10.1. The molecule has 7 nitrogen and oxygen atoms in total. The van der Waals surface area contributed by atoms with Crippen molar-refractivity contribution >= 4 is 11.7 Å². The summed E-state index contributed by atoms with van der Waals surface area (Å²) < 4.78 is 6.21. The predicted molar refractivity (Wildman–Crippen MR) is 118 cm³/mol. The fourth-order valence-corrected chi connectivity index (χ4v) is 5.15. The van der Waals surface area contributed by atoms with Crippen LogP contribution in [0.15, 0.2) is 12.5 Å². The van der Waals surface area contributed by atoms with Crippen molar-refractivity contribution in [2.75, 3.05) is 50.8 Å². The van der Waals surface area contributed by atoms with Crippen molar-refractivity contribution in [1.29, 1.82) is 0 Å². The monoisotopic (exact) mass is 415 g/mol. The average molecular weight is 416 g/mol. The molecule has 0 aliphatic carbocycles. The molecule has 1 aromatic heterocycles. The van der Waals surface area contributed by atoms with Crippen LogP contribution in [0.5, 0.6) is 0 Å². The van der Waals surface area contributed by atoms with Gasteiger partial charge < -0.3 is 19.9 Å². The maximum Gasteiger partial charge on any atom is 0.221 e. The summed E-state index contributed by atoms with van der Waals surface area (Å²) in [5.41, 5.74) is 1.44. The highest BCUT2D eigenvalue weighted by Crippen LogP contribution is 2.41. The molecular weight excluding hydrogens is 378 g/mol. The number of aromatic nitrogens is 2. The van der Waals surface area contributed by atoms with E-state index in [4.69, 9.17) is 4.74 Å². The number of carbonyl (C=O) groups is 1. The van der Waals surface area contributed by atoms with Crippen LogP contribution in [0.3, 0.4) is 0 Å². The fourth-order valence-electron chi connectivity index (χ4n) is 5.15. The van der Waals surface area contributed by atoms with Crippen molar-refractivity contribution in [3.63, 3.8) is 0 Å². The van der Waals surface area contributed by atoms with E-state index in [2.05, 4.69) is 32.0 Å². The largest absolute Gasteiger partial charge is 0.376 e. The van der Waals surface area contributed by atoms with Crippen LogP contribution in [0, 0.1) is 12.3 Å². The van der Waals surface area contributed by atoms with Crippen molar-refractivity contribution in [3.05, 3.63) is 18.1 Å². The molecule has 1 N–H and O–H groups in total. The molecule has 3 aliphatic rings. The lowest BCUT2D eigenvalue weighted by Crippen LogP contribution is -2.48. The highest BCUT2D eigenvalue weighted by Gasteiger charge is 2.39. The molecule has 7 heteroatoms. The molecule has 0 bridgehead atoms. The zero-order valence-electron chi connectivity index (χ0n) is 18.4. The Bertz CT molecular complexity index is 689. The van der Waals surface area contributed by atoms with Gasteiger partial charge in [0, 0.05) is 44.4 Å². The van der Waals surface area contributed by atoms with Crippen molar-refractivity contribution in [2.45, 2.75) is 64.4 Å². The van der Waals surface area contributed by atoms with Gasteiger partial charge >= 0.3 is 0 Å². The first-order valence-electron chi connectivity index (χ1n) is 11.8. The first kappa shape index (κ1) is 21.5. The van der Waals surface area contributed by atoms with E-state index >= 15 is 0 Å².